The van der Waals surface area contributed by atoms with Crippen LogP contribution in [0.5, 0.6) is 5.75 Å². The Labute approximate surface area is 134 Å². The van der Waals surface area contributed by atoms with E-state index in [2.05, 4.69) is 5.48 Å². The number of rotatable bonds is 5. The highest BCUT2D eigenvalue weighted by Crippen LogP contribution is 2.28. The molecule has 2 aromatic rings. The molecular weight excluding hydrogens is 294 g/mol. The van der Waals surface area contributed by atoms with E-state index in [9.17, 15) is 4.79 Å². The van der Waals surface area contributed by atoms with Gasteiger partial charge in [0.2, 0.25) is 0 Å². The summed E-state index contributed by atoms with van der Waals surface area (Å²) in [7, 11) is 1.47. The lowest BCUT2D eigenvalue weighted by Gasteiger charge is -2.20. The van der Waals surface area contributed by atoms with E-state index in [1.165, 1.54) is 7.11 Å². The van der Waals surface area contributed by atoms with Crippen LogP contribution in [0.15, 0.2) is 60.7 Å². The number of carbonyl (C=O) groups is 1. The lowest BCUT2D eigenvalue weighted by molar-refractivity contribution is -0.160. The van der Waals surface area contributed by atoms with E-state index in [0.717, 1.165) is 16.9 Å². The van der Waals surface area contributed by atoms with Crippen LogP contribution in [0.4, 0.5) is 0 Å². The minimum atomic E-state index is -0.778. The average Bonchev–Trinajstić information content (AvgIpc) is 2.61. The molecule has 0 aromatic heterocycles. The molecule has 23 heavy (non-hydrogen) atoms. The largest absolute Gasteiger partial charge is 0.489 e. The minimum Gasteiger partial charge on any atom is -0.489 e. The number of fused-ring (bicyclic) bond motifs is 1. The van der Waals surface area contributed by atoms with Gasteiger partial charge in [-0.15, -0.1) is 0 Å². The summed E-state index contributed by atoms with van der Waals surface area (Å²) in [5, 5.41) is 0. The number of hydrogen-bond acceptors (Lipinski definition) is 5. The zero-order valence-corrected chi connectivity index (χ0v) is 12.7. The molecule has 5 nitrogen and oxygen atoms in total. The van der Waals surface area contributed by atoms with E-state index in [1.807, 2.05) is 60.7 Å². The summed E-state index contributed by atoms with van der Waals surface area (Å²) in [5.74, 6) is 0.239. The molecule has 0 amide bonds. The topological polar surface area (TPSA) is 56.8 Å². The molecule has 1 heterocycles. The van der Waals surface area contributed by atoms with Crippen LogP contribution in [0.25, 0.3) is 5.70 Å². The molecule has 1 unspecified atom stereocenters. The molecule has 1 aliphatic rings. The van der Waals surface area contributed by atoms with Crippen molar-refractivity contribution in [3.63, 3.8) is 0 Å². The summed E-state index contributed by atoms with van der Waals surface area (Å²) in [6.45, 7) is 0.420. The van der Waals surface area contributed by atoms with Gasteiger partial charge in [0, 0.05) is 12.7 Å². The molecule has 0 saturated heterocycles. The van der Waals surface area contributed by atoms with Gasteiger partial charge in [-0.1, -0.05) is 42.5 Å². The van der Waals surface area contributed by atoms with Crippen molar-refractivity contribution in [1.82, 2.24) is 5.48 Å². The van der Waals surface area contributed by atoms with E-state index < -0.39 is 12.1 Å². The van der Waals surface area contributed by atoms with Gasteiger partial charge in [0.05, 0.1) is 5.70 Å². The molecule has 3 rings (SSSR count). The Bertz CT molecular complexity index is 712. The van der Waals surface area contributed by atoms with Gasteiger partial charge in [0.25, 0.3) is 0 Å². The Morgan fingerprint density at radius 2 is 1.87 bits per heavy atom. The zero-order chi connectivity index (χ0) is 16.1. The highest BCUT2D eigenvalue weighted by atomic mass is 16.7. The second-order valence-electron chi connectivity index (χ2n) is 4.97. The van der Waals surface area contributed by atoms with Crippen LogP contribution >= 0.6 is 0 Å². The average molecular weight is 311 g/mol. The number of carbonyl (C=O) groups excluding carboxylic acids is 1. The number of para-hydroxylation sites is 1. The SMILES string of the molecule is COC(C(=O)ONC1=CCOc2ccccc21)c1ccccc1. The fourth-order valence-electron chi connectivity index (χ4n) is 2.39. The molecule has 2 aromatic carbocycles. The van der Waals surface area contributed by atoms with Crippen LogP contribution in [-0.4, -0.2) is 19.7 Å². The van der Waals surface area contributed by atoms with Crippen molar-refractivity contribution in [2.75, 3.05) is 13.7 Å². The number of benzene rings is 2. The Kier molecular flexibility index (Phi) is 4.59. The number of nitrogens with one attached hydrogen (secondary N) is 1. The molecule has 0 saturated carbocycles. The predicted molar refractivity (Wildman–Crippen MR) is 85.3 cm³/mol. The van der Waals surface area contributed by atoms with Crippen molar-refractivity contribution in [2.24, 2.45) is 0 Å². The van der Waals surface area contributed by atoms with Gasteiger partial charge in [-0.25, -0.2) is 10.3 Å². The highest BCUT2D eigenvalue weighted by molar-refractivity contribution is 5.78. The third-order valence-corrected chi connectivity index (χ3v) is 3.52. The smallest absolute Gasteiger partial charge is 0.365 e. The normalized spacial score (nSPS) is 14.0. The van der Waals surface area contributed by atoms with Gasteiger partial charge in [-0.3, -0.25) is 0 Å². The van der Waals surface area contributed by atoms with E-state index in [1.54, 1.807) is 0 Å². The molecular formula is C18H17NO4. The monoisotopic (exact) mass is 311 g/mol. The predicted octanol–water partition coefficient (Wildman–Crippen LogP) is 2.86. The number of methoxy groups -OCH3 is 1. The third-order valence-electron chi connectivity index (χ3n) is 3.52. The van der Waals surface area contributed by atoms with Gasteiger partial charge in [-0.2, -0.15) is 0 Å². The van der Waals surface area contributed by atoms with Crippen LogP contribution in [0.1, 0.15) is 17.2 Å². The molecule has 0 radical (unpaired) electrons. The Morgan fingerprint density at radius 3 is 2.65 bits per heavy atom. The quantitative estimate of drug-likeness (QED) is 0.861. The fourth-order valence-corrected chi connectivity index (χ4v) is 2.39. The van der Waals surface area contributed by atoms with E-state index in [0.29, 0.717) is 12.3 Å². The van der Waals surface area contributed by atoms with Crippen LogP contribution in [0.3, 0.4) is 0 Å². The first-order valence-corrected chi connectivity index (χ1v) is 7.26. The molecule has 1 aliphatic heterocycles. The van der Waals surface area contributed by atoms with Gasteiger partial charge in [-0.05, 0) is 23.8 Å². The fraction of sp³-hybridized carbons (Fsp3) is 0.167. The molecule has 0 bridgehead atoms. The molecule has 0 fully saturated rings. The van der Waals surface area contributed by atoms with Crippen molar-refractivity contribution in [3.8, 4) is 5.75 Å². The second kappa shape index (κ2) is 6.98. The van der Waals surface area contributed by atoms with Crippen LogP contribution in [-0.2, 0) is 14.4 Å². The molecule has 1 N–H and O–H groups in total. The Morgan fingerprint density at radius 1 is 1.13 bits per heavy atom. The first kappa shape index (κ1) is 15.1. The maximum Gasteiger partial charge on any atom is 0.365 e. The lowest BCUT2D eigenvalue weighted by Crippen LogP contribution is -2.26. The highest BCUT2D eigenvalue weighted by Gasteiger charge is 2.23. The molecule has 0 spiro atoms. The van der Waals surface area contributed by atoms with Gasteiger partial charge in [0.15, 0.2) is 6.10 Å². The van der Waals surface area contributed by atoms with Crippen molar-refractivity contribution in [3.05, 3.63) is 71.8 Å². The van der Waals surface area contributed by atoms with Crippen molar-refractivity contribution >= 4 is 11.7 Å². The number of ether oxygens (including phenoxy) is 2. The summed E-state index contributed by atoms with van der Waals surface area (Å²) in [4.78, 5) is 17.5. The molecule has 1 atom stereocenters. The van der Waals surface area contributed by atoms with E-state index in [4.69, 9.17) is 14.3 Å². The summed E-state index contributed by atoms with van der Waals surface area (Å²) >= 11 is 0. The first-order valence-electron chi connectivity index (χ1n) is 7.26. The summed E-state index contributed by atoms with van der Waals surface area (Å²) in [6.07, 6.45) is 1.04. The molecule has 0 aliphatic carbocycles. The van der Waals surface area contributed by atoms with Crippen molar-refractivity contribution in [1.29, 1.82) is 0 Å². The summed E-state index contributed by atoms with van der Waals surface area (Å²) in [6, 6.07) is 16.8. The summed E-state index contributed by atoms with van der Waals surface area (Å²) in [5.41, 5.74) is 5.00. The third kappa shape index (κ3) is 3.35. The molecule has 5 heteroatoms. The zero-order valence-electron chi connectivity index (χ0n) is 12.7. The Balaban J connectivity index is 1.68. The first-order chi connectivity index (χ1) is 11.3. The summed E-state index contributed by atoms with van der Waals surface area (Å²) < 4.78 is 10.8. The minimum absolute atomic E-state index is 0.420. The van der Waals surface area contributed by atoms with Gasteiger partial charge in [0.1, 0.15) is 12.4 Å². The Hall–Kier alpha value is -2.79. The van der Waals surface area contributed by atoms with Gasteiger partial charge >= 0.3 is 5.97 Å². The number of hydroxylamine groups is 1. The maximum absolute atomic E-state index is 12.3. The van der Waals surface area contributed by atoms with E-state index in [-0.39, 0.29) is 0 Å². The molecule has 118 valence electrons. The second-order valence-corrected chi connectivity index (χ2v) is 4.97. The van der Waals surface area contributed by atoms with Crippen molar-refractivity contribution < 1.29 is 19.1 Å². The van der Waals surface area contributed by atoms with Crippen LogP contribution < -0.4 is 10.2 Å². The van der Waals surface area contributed by atoms with E-state index >= 15 is 0 Å². The number of hydrogen-bond donors (Lipinski definition) is 1. The lowest BCUT2D eigenvalue weighted by atomic mass is 10.1. The van der Waals surface area contributed by atoms with Crippen LogP contribution in [0.2, 0.25) is 0 Å². The maximum atomic E-state index is 12.3. The van der Waals surface area contributed by atoms with Crippen molar-refractivity contribution in [2.45, 2.75) is 6.10 Å². The van der Waals surface area contributed by atoms with Gasteiger partial charge < -0.3 is 14.3 Å². The standard InChI is InChI=1S/C18H17NO4/c1-21-17(13-7-3-2-4-8-13)18(20)23-19-15-11-12-22-16-10-6-5-9-14(15)16/h2-11,17,19H,12H2,1H3. The van der Waals surface area contributed by atoms with Crippen LogP contribution in [0, 0.1) is 0 Å².